The molecular formula is C14H22N2O. The second kappa shape index (κ2) is 6.03. The molecule has 0 aromatic heterocycles. The molecule has 0 bridgehead atoms. The van der Waals surface area contributed by atoms with Gasteiger partial charge < -0.3 is 15.4 Å². The van der Waals surface area contributed by atoms with Crippen molar-refractivity contribution in [2.75, 3.05) is 32.5 Å². The number of benzene rings is 1. The average molecular weight is 234 g/mol. The van der Waals surface area contributed by atoms with Crippen molar-refractivity contribution in [2.45, 2.75) is 19.4 Å². The third-order valence-corrected chi connectivity index (χ3v) is 3.32. The number of nitrogens with two attached hydrogens (primary N) is 1. The van der Waals surface area contributed by atoms with Gasteiger partial charge in [-0.15, -0.1) is 0 Å². The summed E-state index contributed by atoms with van der Waals surface area (Å²) in [5.74, 6) is 0.679. The van der Waals surface area contributed by atoms with Crippen molar-refractivity contribution >= 4 is 5.69 Å². The van der Waals surface area contributed by atoms with Gasteiger partial charge in [0.2, 0.25) is 0 Å². The molecule has 3 nitrogen and oxygen atoms in total. The fraction of sp³-hybridized carbons (Fsp3) is 0.571. The second-order valence-corrected chi connectivity index (χ2v) is 4.98. The molecule has 2 rings (SSSR count). The molecule has 1 aliphatic rings. The molecule has 0 radical (unpaired) electrons. The first-order valence-corrected chi connectivity index (χ1v) is 6.35. The third kappa shape index (κ3) is 3.72. The van der Waals surface area contributed by atoms with Gasteiger partial charge in [0.25, 0.3) is 0 Å². The van der Waals surface area contributed by atoms with Crippen LogP contribution in [0.5, 0.6) is 0 Å². The number of anilines is 1. The Kier molecular flexibility index (Phi) is 4.40. The van der Waals surface area contributed by atoms with Crippen LogP contribution in [0.25, 0.3) is 0 Å². The Bertz CT molecular complexity index is 348. The van der Waals surface area contributed by atoms with Crippen LogP contribution in [0.15, 0.2) is 24.3 Å². The van der Waals surface area contributed by atoms with Gasteiger partial charge in [-0.1, -0.05) is 18.2 Å². The number of para-hydroxylation sites is 1. The molecule has 0 saturated carbocycles. The molecule has 1 aliphatic heterocycles. The molecule has 1 heterocycles. The molecule has 0 amide bonds. The lowest BCUT2D eigenvalue weighted by molar-refractivity contribution is 0.0412. The van der Waals surface area contributed by atoms with Crippen molar-refractivity contribution in [3.8, 4) is 0 Å². The number of nitrogens with zero attached hydrogens (tertiary/aromatic N) is 1. The van der Waals surface area contributed by atoms with Crippen molar-refractivity contribution in [1.82, 2.24) is 4.90 Å². The molecule has 3 heteroatoms. The first kappa shape index (κ1) is 12.4. The van der Waals surface area contributed by atoms with Crippen LogP contribution in [0, 0.1) is 5.92 Å². The molecule has 1 unspecified atom stereocenters. The highest BCUT2D eigenvalue weighted by molar-refractivity contribution is 5.46. The standard InChI is InChI=1S/C14H22N2O/c1-16(9-12-5-4-8-17-11-12)10-13-6-2-3-7-14(13)15/h2-3,6-7,12H,4-5,8-11,15H2,1H3. The summed E-state index contributed by atoms with van der Waals surface area (Å²) in [5, 5.41) is 0. The van der Waals surface area contributed by atoms with Gasteiger partial charge in [0.15, 0.2) is 0 Å². The average Bonchev–Trinajstić information content (AvgIpc) is 2.33. The smallest absolute Gasteiger partial charge is 0.0506 e. The molecule has 1 atom stereocenters. The number of hydrogen-bond donors (Lipinski definition) is 1. The maximum Gasteiger partial charge on any atom is 0.0506 e. The molecule has 94 valence electrons. The Hall–Kier alpha value is -1.06. The van der Waals surface area contributed by atoms with Gasteiger partial charge in [-0.25, -0.2) is 0 Å². The summed E-state index contributed by atoms with van der Waals surface area (Å²) < 4.78 is 5.51. The van der Waals surface area contributed by atoms with Gasteiger partial charge in [-0.05, 0) is 37.4 Å². The van der Waals surface area contributed by atoms with E-state index in [1.165, 1.54) is 18.4 Å². The lowest BCUT2D eigenvalue weighted by atomic mass is 10.0. The van der Waals surface area contributed by atoms with Crippen LogP contribution in [0.2, 0.25) is 0 Å². The fourth-order valence-corrected chi connectivity index (χ4v) is 2.43. The summed E-state index contributed by atoms with van der Waals surface area (Å²) >= 11 is 0. The minimum absolute atomic E-state index is 0.679. The van der Waals surface area contributed by atoms with E-state index in [0.717, 1.165) is 32.0 Å². The first-order valence-electron chi connectivity index (χ1n) is 6.35. The van der Waals surface area contributed by atoms with Gasteiger partial charge >= 0.3 is 0 Å². The molecule has 1 saturated heterocycles. The zero-order chi connectivity index (χ0) is 12.1. The molecular weight excluding hydrogens is 212 g/mol. The third-order valence-electron chi connectivity index (χ3n) is 3.32. The number of nitrogen functional groups attached to an aromatic ring is 1. The molecule has 1 fully saturated rings. The van der Waals surface area contributed by atoms with E-state index >= 15 is 0 Å². The Balaban J connectivity index is 1.84. The van der Waals surface area contributed by atoms with Crippen molar-refractivity contribution in [1.29, 1.82) is 0 Å². The van der Waals surface area contributed by atoms with Crippen LogP contribution < -0.4 is 5.73 Å². The van der Waals surface area contributed by atoms with Gasteiger partial charge in [0, 0.05) is 25.4 Å². The van der Waals surface area contributed by atoms with E-state index in [4.69, 9.17) is 10.5 Å². The summed E-state index contributed by atoms with van der Waals surface area (Å²) in [4.78, 5) is 2.34. The monoisotopic (exact) mass is 234 g/mol. The Morgan fingerprint density at radius 3 is 2.94 bits per heavy atom. The van der Waals surface area contributed by atoms with Gasteiger partial charge in [-0.2, -0.15) is 0 Å². The predicted octanol–water partition coefficient (Wildman–Crippen LogP) is 2.13. The van der Waals surface area contributed by atoms with E-state index in [0.29, 0.717) is 5.92 Å². The van der Waals surface area contributed by atoms with E-state index < -0.39 is 0 Å². The first-order chi connectivity index (χ1) is 8.25. The van der Waals surface area contributed by atoms with Crippen molar-refractivity contribution < 1.29 is 4.74 Å². The molecule has 0 aliphatic carbocycles. The molecule has 0 spiro atoms. The maximum atomic E-state index is 5.95. The van der Waals surface area contributed by atoms with Gasteiger partial charge in [0.1, 0.15) is 0 Å². The molecule has 2 N–H and O–H groups in total. The SMILES string of the molecule is CN(Cc1ccccc1N)CC1CCCOC1. The zero-order valence-electron chi connectivity index (χ0n) is 10.6. The fourth-order valence-electron chi connectivity index (χ4n) is 2.43. The number of hydrogen-bond acceptors (Lipinski definition) is 3. The highest BCUT2D eigenvalue weighted by atomic mass is 16.5. The van der Waals surface area contributed by atoms with Crippen LogP contribution in [-0.2, 0) is 11.3 Å². The van der Waals surface area contributed by atoms with Gasteiger partial charge in [0.05, 0.1) is 6.61 Å². The molecule has 1 aromatic rings. The number of ether oxygens (including phenoxy) is 1. The highest BCUT2D eigenvalue weighted by Gasteiger charge is 2.16. The Morgan fingerprint density at radius 1 is 1.41 bits per heavy atom. The summed E-state index contributed by atoms with van der Waals surface area (Å²) in [7, 11) is 2.15. The summed E-state index contributed by atoms with van der Waals surface area (Å²) in [6.45, 7) is 3.86. The zero-order valence-corrected chi connectivity index (χ0v) is 10.6. The predicted molar refractivity (Wildman–Crippen MR) is 70.7 cm³/mol. The van der Waals surface area contributed by atoms with Crippen LogP contribution in [0.3, 0.4) is 0 Å². The topological polar surface area (TPSA) is 38.5 Å². The molecule has 1 aromatic carbocycles. The van der Waals surface area contributed by atoms with Crippen LogP contribution in [0.4, 0.5) is 5.69 Å². The van der Waals surface area contributed by atoms with Crippen LogP contribution in [0.1, 0.15) is 18.4 Å². The lowest BCUT2D eigenvalue weighted by Crippen LogP contribution is -2.30. The minimum atomic E-state index is 0.679. The van der Waals surface area contributed by atoms with E-state index in [-0.39, 0.29) is 0 Å². The van der Waals surface area contributed by atoms with E-state index in [1.807, 2.05) is 18.2 Å². The lowest BCUT2D eigenvalue weighted by Gasteiger charge is -2.27. The van der Waals surface area contributed by atoms with Crippen molar-refractivity contribution in [2.24, 2.45) is 5.92 Å². The van der Waals surface area contributed by atoms with Crippen LogP contribution >= 0.6 is 0 Å². The van der Waals surface area contributed by atoms with E-state index in [1.54, 1.807) is 0 Å². The maximum absolute atomic E-state index is 5.95. The van der Waals surface area contributed by atoms with E-state index in [9.17, 15) is 0 Å². The summed E-state index contributed by atoms with van der Waals surface area (Å²) in [6, 6.07) is 8.09. The summed E-state index contributed by atoms with van der Waals surface area (Å²) in [5.41, 5.74) is 8.05. The highest BCUT2D eigenvalue weighted by Crippen LogP contribution is 2.17. The molecule has 17 heavy (non-hydrogen) atoms. The van der Waals surface area contributed by atoms with Crippen molar-refractivity contribution in [3.05, 3.63) is 29.8 Å². The number of rotatable bonds is 4. The second-order valence-electron chi connectivity index (χ2n) is 4.98. The summed E-state index contributed by atoms with van der Waals surface area (Å²) in [6.07, 6.45) is 2.49. The quantitative estimate of drug-likeness (QED) is 0.811. The normalized spacial score (nSPS) is 20.7. The van der Waals surface area contributed by atoms with Gasteiger partial charge in [-0.3, -0.25) is 0 Å². The van der Waals surface area contributed by atoms with Crippen molar-refractivity contribution in [3.63, 3.8) is 0 Å². The minimum Gasteiger partial charge on any atom is -0.398 e. The van der Waals surface area contributed by atoms with E-state index in [2.05, 4.69) is 18.0 Å². The largest absolute Gasteiger partial charge is 0.398 e. The van der Waals surface area contributed by atoms with Crippen LogP contribution in [-0.4, -0.2) is 31.7 Å². The Labute approximate surface area is 104 Å². The Morgan fingerprint density at radius 2 is 2.24 bits per heavy atom.